The number of carbonyl (C=O) groups excluding carboxylic acids is 2. The number of carbonyl (C=O) groups is 2. The van der Waals surface area contributed by atoms with Crippen molar-refractivity contribution in [3.05, 3.63) is 57.3 Å². The third-order valence-corrected chi connectivity index (χ3v) is 5.45. The zero-order valence-electron chi connectivity index (χ0n) is 15.3. The number of amides is 2. The predicted molar refractivity (Wildman–Crippen MR) is 105 cm³/mol. The fourth-order valence-electron chi connectivity index (χ4n) is 3.27. The first-order valence-corrected chi connectivity index (χ1v) is 9.82. The molecule has 6 heteroatoms. The van der Waals surface area contributed by atoms with Crippen LogP contribution in [0, 0.1) is 13.8 Å². The number of nitrogens with one attached hydrogen (secondary N) is 1. The average molecular weight is 372 g/mol. The van der Waals surface area contributed by atoms with Crippen LogP contribution in [0.1, 0.15) is 31.2 Å². The van der Waals surface area contributed by atoms with Crippen LogP contribution in [0.15, 0.2) is 35.7 Å². The van der Waals surface area contributed by atoms with Gasteiger partial charge < -0.3 is 10.2 Å². The molecule has 0 spiro atoms. The van der Waals surface area contributed by atoms with Crippen molar-refractivity contribution >= 4 is 23.2 Å². The van der Waals surface area contributed by atoms with Crippen molar-refractivity contribution in [1.82, 2.24) is 15.1 Å². The first kappa shape index (κ1) is 18.6. The smallest absolute Gasteiger partial charge is 0.264 e. The lowest BCUT2D eigenvalue weighted by atomic mass is 10.1. The van der Waals surface area contributed by atoms with Crippen LogP contribution < -0.4 is 5.32 Å². The average Bonchev–Trinajstić information content (AvgIpc) is 3.15. The molecule has 3 rings (SSSR count). The predicted octanol–water partition coefficient (Wildman–Crippen LogP) is 2.55. The summed E-state index contributed by atoms with van der Waals surface area (Å²) >= 11 is 1.49. The Morgan fingerprint density at radius 2 is 1.77 bits per heavy atom. The normalized spacial score (nSPS) is 15.1. The van der Waals surface area contributed by atoms with Crippen LogP contribution in [0.25, 0.3) is 0 Å². The molecular formula is C20H25N3O2S. The molecule has 1 fully saturated rings. The van der Waals surface area contributed by atoms with E-state index in [1.165, 1.54) is 11.3 Å². The molecule has 2 amide bonds. The summed E-state index contributed by atoms with van der Waals surface area (Å²) in [6, 6.07) is 9.68. The van der Waals surface area contributed by atoms with Gasteiger partial charge in [-0.2, -0.15) is 0 Å². The van der Waals surface area contributed by atoms with Gasteiger partial charge in [0.2, 0.25) is 0 Å². The topological polar surface area (TPSA) is 52.7 Å². The van der Waals surface area contributed by atoms with Crippen molar-refractivity contribution in [1.29, 1.82) is 0 Å². The van der Waals surface area contributed by atoms with Crippen LogP contribution in [0.2, 0.25) is 0 Å². The second-order valence-electron chi connectivity index (χ2n) is 6.74. The third kappa shape index (κ3) is 4.71. The summed E-state index contributed by atoms with van der Waals surface area (Å²) in [5.74, 6) is 0.103. The molecule has 0 bridgehead atoms. The molecule has 26 heavy (non-hydrogen) atoms. The molecular weight excluding hydrogens is 346 g/mol. The molecule has 1 N–H and O–H groups in total. The minimum atomic E-state index is -0.0247. The number of nitrogens with zero attached hydrogens (tertiary/aromatic N) is 2. The lowest BCUT2D eigenvalue weighted by Gasteiger charge is -2.34. The van der Waals surface area contributed by atoms with E-state index in [0.29, 0.717) is 12.1 Å². The molecule has 2 heterocycles. The van der Waals surface area contributed by atoms with E-state index < -0.39 is 0 Å². The summed E-state index contributed by atoms with van der Waals surface area (Å²) in [6.45, 7) is 8.58. The maximum Gasteiger partial charge on any atom is 0.264 e. The van der Waals surface area contributed by atoms with Gasteiger partial charge in [0.05, 0.1) is 4.88 Å². The van der Waals surface area contributed by atoms with E-state index in [0.717, 1.165) is 48.7 Å². The first-order valence-electron chi connectivity index (χ1n) is 8.94. The molecule has 2 aromatic rings. The maximum absolute atomic E-state index is 12.3. The van der Waals surface area contributed by atoms with Crippen molar-refractivity contribution < 1.29 is 9.59 Å². The second kappa shape index (κ2) is 8.47. The van der Waals surface area contributed by atoms with Gasteiger partial charge in [-0.15, -0.1) is 11.3 Å². The molecule has 1 aliphatic heterocycles. The number of hydrogen-bond acceptors (Lipinski definition) is 4. The number of thiophene rings is 1. The highest BCUT2D eigenvalue weighted by Crippen LogP contribution is 2.14. The van der Waals surface area contributed by atoms with Crippen molar-refractivity contribution in [2.45, 2.75) is 13.8 Å². The molecule has 0 aliphatic carbocycles. The van der Waals surface area contributed by atoms with Crippen molar-refractivity contribution in [3.63, 3.8) is 0 Å². The Bertz CT molecular complexity index is 745. The zero-order chi connectivity index (χ0) is 18.5. The summed E-state index contributed by atoms with van der Waals surface area (Å²) in [5, 5.41) is 4.93. The van der Waals surface area contributed by atoms with Crippen molar-refractivity contribution in [2.24, 2.45) is 0 Å². The summed E-state index contributed by atoms with van der Waals surface area (Å²) in [5.41, 5.74) is 2.91. The zero-order valence-corrected chi connectivity index (χ0v) is 16.1. The maximum atomic E-state index is 12.3. The lowest BCUT2D eigenvalue weighted by Crippen LogP contribution is -2.50. The van der Waals surface area contributed by atoms with Gasteiger partial charge in [0, 0.05) is 44.8 Å². The fourth-order valence-corrected chi connectivity index (χ4v) is 3.96. The van der Waals surface area contributed by atoms with E-state index in [1.54, 1.807) is 0 Å². The monoisotopic (exact) mass is 371 g/mol. The summed E-state index contributed by atoms with van der Waals surface area (Å²) in [6.07, 6.45) is 0. The third-order valence-electron chi connectivity index (χ3n) is 4.59. The number of hydrogen-bond donors (Lipinski definition) is 1. The highest BCUT2D eigenvalue weighted by molar-refractivity contribution is 7.12. The molecule has 0 atom stereocenters. The van der Waals surface area contributed by atoms with Crippen LogP contribution in [-0.2, 0) is 0 Å². The van der Waals surface area contributed by atoms with Crippen molar-refractivity contribution in [3.8, 4) is 0 Å². The summed E-state index contributed by atoms with van der Waals surface area (Å²) < 4.78 is 0. The van der Waals surface area contributed by atoms with E-state index >= 15 is 0 Å². The fraction of sp³-hybridized carbons (Fsp3) is 0.400. The van der Waals surface area contributed by atoms with Gasteiger partial charge in [-0.1, -0.05) is 23.3 Å². The highest BCUT2D eigenvalue weighted by atomic mass is 32.1. The minimum absolute atomic E-state index is 0.0247. The molecule has 0 radical (unpaired) electrons. The van der Waals surface area contributed by atoms with E-state index in [1.807, 2.05) is 48.4 Å². The Hall–Kier alpha value is -2.18. The van der Waals surface area contributed by atoms with E-state index in [2.05, 4.69) is 16.3 Å². The van der Waals surface area contributed by atoms with E-state index in [-0.39, 0.29) is 11.8 Å². The van der Waals surface area contributed by atoms with E-state index in [4.69, 9.17) is 0 Å². The van der Waals surface area contributed by atoms with Crippen molar-refractivity contribution in [2.75, 3.05) is 39.3 Å². The Morgan fingerprint density at radius 3 is 2.38 bits per heavy atom. The van der Waals surface area contributed by atoms with Gasteiger partial charge in [-0.25, -0.2) is 0 Å². The number of benzene rings is 1. The second-order valence-corrected chi connectivity index (χ2v) is 7.69. The molecule has 0 unspecified atom stereocenters. The lowest BCUT2D eigenvalue weighted by molar-refractivity contribution is 0.0643. The molecule has 1 aromatic carbocycles. The van der Waals surface area contributed by atoms with Gasteiger partial charge >= 0.3 is 0 Å². The Labute approximate surface area is 158 Å². The molecule has 1 aliphatic rings. The molecule has 0 saturated carbocycles. The first-order chi connectivity index (χ1) is 12.5. The number of piperazine rings is 1. The van der Waals surface area contributed by atoms with Gasteiger partial charge in [0.15, 0.2) is 0 Å². The van der Waals surface area contributed by atoms with Gasteiger partial charge in [0.1, 0.15) is 0 Å². The van der Waals surface area contributed by atoms with Crippen LogP contribution in [-0.4, -0.2) is 60.9 Å². The Balaban J connectivity index is 1.41. The van der Waals surface area contributed by atoms with Crippen LogP contribution >= 0.6 is 11.3 Å². The quantitative estimate of drug-likeness (QED) is 0.879. The Kier molecular flexibility index (Phi) is 6.06. The SMILES string of the molecule is Cc1cc(C)cc(C(=O)NCCN2CCN(C(=O)c3cccs3)CC2)c1. The molecule has 1 saturated heterocycles. The molecule has 5 nitrogen and oxygen atoms in total. The minimum Gasteiger partial charge on any atom is -0.351 e. The Morgan fingerprint density at radius 1 is 1.08 bits per heavy atom. The molecule has 138 valence electrons. The standard InChI is InChI=1S/C20H25N3O2S/c1-15-12-16(2)14-17(13-15)19(24)21-5-6-22-7-9-23(10-8-22)20(25)18-4-3-11-26-18/h3-4,11-14H,5-10H2,1-2H3,(H,21,24). The summed E-state index contributed by atoms with van der Waals surface area (Å²) in [7, 11) is 0. The van der Waals surface area contributed by atoms with Gasteiger partial charge in [-0.05, 0) is 37.4 Å². The number of rotatable bonds is 5. The van der Waals surface area contributed by atoms with Crippen LogP contribution in [0.4, 0.5) is 0 Å². The number of aryl methyl sites for hydroxylation is 2. The molecule has 1 aromatic heterocycles. The van der Waals surface area contributed by atoms with Crippen LogP contribution in [0.5, 0.6) is 0 Å². The van der Waals surface area contributed by atoms with Crippen LogP contribution in [0.3, 0.4) is 0 Å². The highest BCUT2D eigenvalue weighted by Gasteiger charge is 2.22. The van der Waals surface area contributed by atoms with E-state index in [9.17, 15) is 9.59 Å². The van der Waals surface area contributed by atoms with Gasteiger partial charge in [0.25, 0.3) is 11.8 Å². The largest absolute Gasteiger partial charge is 0.351 e. The summed E-state index contributed by atoms with van der Waals surface area (Å²) in [4.78, 5) is 29.6. The van der Waals surface area contributed by atoms with Gasteiger partial charge in [-0.3, -0.25) is 14.5 Å².